The molecule has 1 aromatic heterocycles. The van der Waals surface area contributed by atoms with Crippen LogP contribution in [-0.4, -0.2) is 59.5 Å². The fourth-order valence-electron chi connectivity index (χ4n) is 4.47. The zero-order valence-electron chi connectivity index (χ0n) is 18.1. The van der Waals surface area contributed by atoms with Gasteiger partial charge in [-0.1, -0.05) is 13.8 Å². The molecule has 0 aliphatic carbocycles. The highest BCUT2D eigenvalue weighted by Gasteiger charge is 2.28. The van der Waals surface area contributed by atoms with E-state index in [0.29, 0.717) is 30.2 Å². The number of hydrogen-bond donors (Lipinski definition) is 1. The van der Waals surface area contributed by atoms with Crippen molar-refractivity contribution in [3.05, 3.63) is 17.6 Å². The number of carbonyl (C=O) groups excluding carboxylic acids is 1. The maximum Gasteiger partial charge on any atom is 0.222 e. The minimum Gasteiger partial charge on any atom is -0.356 e. The Balaban J connectivity index is 1.55. The summed E-state index contributed by atoms with van der Waals surface area (Å²) in [5.74, 6) is 3.31. The van der Waals surface area contributed by atoms with E-state index in [1.165, 1.54) is 6.42 Å². The van der Waals surface area contributed by atoms with Gasteiger partial charge in [0.05, 0.1) is 0 Å². The number of hydrogen-bond acceptors (Lipinski definition) is 5. The molecule has 1 N–H and O–H groups in total. The van der Waals surface area contributed by atoms with Gasteiger partial charge in [0.1, 0.15) is 11.6 Å². The molecule has 1 aromatic rings. The molecule has 6 heteroatoms. The molecule has 0 saturated carbocycles. The van der Waals surface area contributed by atoms with Crippen molar-refractivity contribution >= 4 is 11.7 Å². The van der Waals surface area contributed by atoms with Crippen molar-refractivity contribution in [1.82, 2.24) is 20.2 Å². The minimum absolute atomic E-state index is 0.333. The lowest BCUT2D eigenvalue weighted by atomic mass is 9.99. The first-order valence-corrected chi connectivity index (χ1v) is 11.1. The Morgan fingerprint density at radius 2 is 2.04 bits per heavy atom. The largest absolute Gasteiger partial charge is 0.356 e. The van der Waals surface area contributed by atoms with E-state index in [2.05, 4.69) is 46.9 Å². The number of rotatable bonds is 7. The first-order valence-electron chi connectivity index (χ1n) is 11.1. The Morgan fingerprint density at radius 3 is 2.64 bits per heavy atom. The molecule has 3 heterocycles. The zero-order valence-corrected chi connectivity index (χ0v) is 18.1. The molecular weight excluding hydrogens is 350 g/mol. The molecule has 2 aliphatic heterocycles. The SMILES string of the molecule is CCN(C(=O)CCC1CCNC1)C1CCN(c2cc(C)nc(C(C)C)n2)CC1. The van der Waals surface area contributed by atoms with E-state index in [-0.39, 0.29) is 0 Å². The summed E-state index contributed by atoms with van der Waals surface area (Å²) in [4.78, 5) is 26.7. The fourth-order valence-corrected chi connectivity index (χ4v) is 4.47. The third kappa shape index (κ3) is 5.22. The smallest absolute Gasteiger partial charge is 0.222 e. The summed E-state index contributed by atoms with van der Waals surface area (Å²) in [6.45, 7) is 13.3. The van der Waals surface area contributed by atoms with Gasteiger partial charge in [-0.05, 0) is 58.5 Å². The molecule has 1 atom stereocenters. The van der Waals surface area contributed by atoms with Crippen molar-refractivity contribution in [3.63, 3.8) is 0 Å². The second-order valence-electron chi connectivity index (χ2n) is 8.68. The monoisotopic (exact) mass is 387 g/mol. The summed E-state index contributed by atoms with van der Waals surface area (Å²) in [7, 11) is 0. The highest BCUT2D eigenvalue weighted by atomic mass is 16.2. The standard InChI is InChI=1S/C22H37N5O/c1-5-27(21(28)7-6-18-8-11-23-15-18)19-9-12-26(13-10-19)20-14-17(4)24-22(25-20)16(2)3/h14,16,18-19,23H,5-13,15H2,1-4H3. The van der Waals surface area contributed by atoms with Crippen LogP contribution in [0.2, 0.25) is 0 Å². The third-order valence-electron chi connectivity index (χ3n) is 6.19. The van der Waals surface area contributed by atoms with Crippen molar-refractivity contribution in [2.24, 2.45) is 5.92 Å². The molecule has 1 amide bonds. The third-order valence-corrected chi connectivity index (χ3v) is 6.19. The number of anilines is 1. The van der Waals surface area contributed by atoms with Gasteiger partial charge in [0.25, 0.3) is 0 Å². The van der Waals surface area contributed by atoms with Gasteiger partial charge in [0.15, 0.2) is 0 Å². The van der Waals surface area contributed by atoms with Crippen molar-refractivity contribution in [3.8, 4) is 0 Å². The van der Waals surface area contributed by atoms with Gasteiger partial charge in [0.2, 0.25) is 5.91 Å². The normalized spacial score (nSPS) is 20.8. The molecule has 2 fully saturated rings. The van der Waals surface area contributed by atoms with E-state index < -0.39 is 0 Å². The van der Waals surface area contributed by atoms with E-state index >= 15 is 0 Å². The van der Waals surface area contributed by atoms with Gasteiger partial charge in [-0.25, -0.2) is 9.97 Å². The maximum atomic E-state index is 12.8. The first-order chi connectivity index (χ1) is 13.5. The molecule has 2 saturated heterocycles. The molecule has 1 unspecified atom stereocenters. The van der Waals surface area contributed by atoms with Crippen LogP contribution in [0, 0.1) is 12.8 Å². The highest BCUT2D eigenvalue weighted by Crippen LogP contribution is 2.24. The summed E-state index contributed by atoms with van der Waals surface area (Å²) >= 11 is 0. The van der Waals surface area contributed by atoms with Crippen molar-refractivity contribution < 1.29 is 4.79 Å². The Bertz CT molecular complexity index is 648. The summed E-state index contributed by atoms with van der Waals surface area (Å²) in [5, 5.41) is 3.40. The van der Waals surface area contributed by atoms with Crippen molar-refractivity contribution in [1.29, 1.82) is 0 Å². The van der Waals surface area contributed by atoms with Crippen molar-refractivity contribution in [2.75, 3.05) is 37.6 Å². The van der Waals surface area contributed by atoms with Crippen LogP contribution < -0.4 is 10.2 Å². The molecular formula is C22H37N5O. The summed E-state index contributed by atoms with van der Waals surface area (Å²) in [5.41, 5.74) is 1.03. The number of carbonyl (C=O) groups is 1. The summed E-state index contributed by atoms with van der Waals surface area (Å²) < 4.78 is 0. The molecule has 6 nitrogen and oxygen atoms in total. The summed E-state index contributed by atoms with van der Waals surface area (Å²) in [6.07, 6.45) is 4.98. The minimum atomic E-state index is 0.333. The molecule has 156 valence electrons. The maximum absolute atomic E-state index is 12.8. The Hall–Kier alpha value is -1.69. The Kier molecular flexibility index (Phi) is 7.27. The lowest BCUT2D eigenvalue weighted by Crippen LogP contribution is -2.47. The van der Waals surface area contributed by atoms with Gasteiger partial charge in [-0.15, -0.1) is 0 Å². The van der Waals surface area contributed by atoms with Crippen LogP contribution in [0.3, 0.4) is 0 Å². The quantitative estimate of drug-likeness (QED) is 0.779. The lowest BCUT2D eigenvalue weighted by molar-refractivity contribution is -0.134. The number of aromatic nitrogens is 2. The molecule has 2 aliphatic rings. The van der Waals surface area contributed by atoms with E-state index in [1.807, 2.05) is 6.92 Å². The molecule has 3 rings (SSSR count). The van der Waals surface area contributed by atoms with Crippen LogP contribution in [0.4, 0.5) is 5.82 Å². The topological polar surface area (TPSA) is 61.4 Å². The van der Waals surface area contributed by atoms with Crippen LogP contribution in [0.15, 0.2) is 6.07 Å². The van der Waals surface area contributed by atoms with Crippen LogP contribution >= 0.6 is 0 Å². The average Bonchev–Trinajstić information content (AvgIpc) is 3.20. The average molecular weight is 388 g/mol. The molecule has 0 spiro atoms. The van der Waals surface area contributed by atoms with Crippen LogP contribution in [-0.2, 0) is 4.79 Å². The number of nitrogens with one attached hydrogen (secondary N) is 1. The number of nitrogens with zero attached hydrogens (tertiary/aromatic N) is 4. The number of aryl methyl sites for hydroxylation is 1. The van der Waals surface area contributed by atoms with E-state index in [0.717, 1.165) is 69.3 Å². The van der Waals surface area contributed by atoms with Gasteiger partial charge in [0, 0.05) is 49.8 Å². The first kappa shape index (κ1) is 21.0. The molecule has 28 heavy (non-hydrogen) atoms. The van der Waals surface area contributed by atoms with Crippen molar-refractivity contribution in [2.45, 2.75) is 71.8 Å². The highest BCUT2D eigenvalue weighted by molar-refractivity contribution is 5.76. The van der Waals surface area contributed by atoms with E-state index in [9.17, 15) is 4.79 Å². The predicted octanol–water partition coefficient (Wildman–Crippen LogP) is 3.12. The lowest BCUT2D eigenvalue weighted by Gasteiger charge is -2.39. The predicted molar refractivity (Wildman–Crippen MR) is 114 cm³/mol. The molecule has 0 radical (unpaired) electrons. The van der Waals surface area contributed by atoms with Gasteiger partial charge >= 0.3 is 0 Å². The van der Waals surface area contributed by atoms with Gasteiger partial charge < -0.3 is 15.1 Å². The second-order valence-corrected chi connectivity index (χ2v) is 8.68. The molecule has 0 aromatic carbocycles. The van der Waals surface area contributed by atoms with E-state index in [1.54, 1.807) is 0 Å². The number of piperidine rings is 1. The van der Waals surface area contributed by atoms with Gasteiger partial charge in [-0.2, -0.15) is 0 Å². The van der Waals surface area contributed by atoms with Crippen LogP contribution in [0.5, 0.6) is 0 Å². The Labute approximate surface area is 170 Å². The number of amides is 1. The second kappa shape index (κ2) is 9.68. The van der Waals surface area contributed by atoms with Gasteiger partial charge in [-0.3, -0.25) is 4.79 Å². The fraction of sp³-hybridized carbons (Fsp3) is 0.773. The summed E-state index contributed by atoms with van der Waals surface area (Å²) in [6, 6.07) is 2.45. The van der Waals surface area contributed by atoms with Crippen LogP contribution in [0.25, 0.3) is 0 Å². The van der Waals surface area contributed by atoms with E-state index in [4.69, 9.17) is 4.98 Å². The molecule has 0 bridgehead atoms. The Morgan fingerprint density at radius 1 is 1.29 bits per heavy atom. The zero-order chi connectivity index (χ0) is 20.1. The van der Waals surface area contributed by atoms with Crippen LogP contribution in [0.1, 0.15) is 70.3 Å².